The highest BCUT2D eigenvalue weighted by Gasteiger charge is 2.06. The summed E-state index contributed by atoms with van der Waals surface area (Å²) in [5.41, 5.74) is 7.12. The Kier molecular flexibility index (Phi) is 3.50. The van der Waals surface area contributed by atoms with Crippen LogP contribution in [0, 0.1) is 22.7 Å². The third kappa shape index (κ3) is 2.37. The zero-order valence-corrected chi connectivity index (χ0v) is 7.99. The van der Waals surface area contributed by atoms with Crippen LogP contribution < -0.4 is 11.1 Å². The molecule has 1 rings (SSSR count). The van der Waals surface area contributed by atoms with Gasteiger partial charge in [0.25, 0.3) is 0 Å². The predicted octanol–water partition coefficient (Wildman–Crippen LogP) is 0.416. The molecule has 5 heteroatoms. The average molecular weight is 202 g/mol. The smallest absolute Gasteiger partial charge is 0.101 e. The van der Waals surface area contributed by atoms with Crippen molar-refractivity contribution >= 4 is 11.4 Å². The number of hydrogen-bond donors (Lipinski definition) is 3. The number of nitrogen functional groups attached to an aromatic ring is 1. The minimum Gasteiger partial charge on any atom is -0.397 e. The molecule has 0 spiro atoms. The lowest BCUT2D eigenvalue weighted by atomic mass is 10.1. The zero-order chi connectivity index (χ0) is 11.3. The van der Waals surface area contributed by atoms with Gasteiger partial charge >= 0.3 is 0 Å². The zero-order valence-electron chi connectivity index (χ0n) is 7.99. The summed E-state index contributed by atoms with van der Waals surface area (Å²) < 4.78 is 0. The molecule has 0 saturated heterocycles. The van der Waals surface area contributed by atoms with Gasteiger partial charge in [0.1, 0.15) is 12.1 Å². The van der Waals surface area contributed by atoms with Gasteiger partial charge in [0.05, 0.1) is 29.1 Å². The first-order chi connectivity index (χ1) is 7.22. The molecular formula is C10H10N4O. The van der Waals surface area contributed by atoms with Crippen LogP contribution in [0.4, 0.5) is 11.4 Å². The molecule has 76 valence electrons. The summed E-state index contributed by atoms with van der Waals surface area (Å²) in [6, 6.07) is 6.75. The van der Waals surface area contributed by atoms with Gasteiger partial charge in [-0.15, -0.1) is 0 Å². The second-order valence-electron chi connectivity index (χ2n) is 2.86. The number of anilines is 2. The van der Waals surface area contributed by atoms with E-state index >= 15 is 0 Å². The Morgan fingerprint density at radius 3 is 2.40 bits per heavy atom. The van der Waals surface area contributed by atoms with Crippen molar-refractivity contribution in [1.82, 2.24) is 0 Å². The van der Waals surface area contributed by atoms with Gasteiger partial charge in [-0.3, -0.25) is 0 Å². The second kappa shape index (κ2) is 4.85. The number of nitrogens with two attached hydrogens (primary N) is 1. The van der Waals surface area contributed by atoms with Crippen LogP contribution in [0.1, 0.15) is 11.1 Å². The Morgan fingerprint density at radius 1 is 1.27 bits per heavy atom. The summed E-state index contributed by atoms with van der Waals surface area (Å²) >= 11 is 0. The SMILES string of the molecule is N#Cc1cc(N)c(NCCO)cc1C#N. The molecule has 0 aliphatic carbocycles. The van der Waals surface area contributed by atoms with Crippen molar-refractivity contribution in [3.8, 4) is 12.1 Å². The maximum absolute atomic E-state index is 8.77. The Bertz CT molecular complexity index is 442. The molecule has 0 bridgehead atoms. The summed E-state index contributed by atoms with van der Waals surface area (Å²) in [4.78, 5) is 0. The Labute approximate surface area is 87.4 Å². The largest absolute Gasteiger partial charge is 0.397 e. The number of nitrogens with zero attached hydrogens (tertiary/aromatic N) is 2. The lowest BCUT2D eigenvalue weighted by molar-refractivity contribution is 0.311. The number of rotatable bonds is 3. The molecule has 4 N–H and O–H groups in total. The van der Waals surface area contributed by atoms with Gasteiger partial charge in [-0.05, 0) is 12.1 Å². The lowest BCUT2D eigenvalue weighted by Gasteiger charge is -2.08. The number of hydrogen-bond acceptors (Lipinski definition) is 5. The van der Waals surface area contributed by atoms with Crippen LogP contribution >= 0.6 is 0 Å². The Balaban J connectivity index is 3.11. The Morgan fingerprint density at radius 2 is 1.87 bits per heavy atom. The summed E-state index contributed by atoms with van der Waals surface area (Å²) in [6.07, 6.45) is 0. The van der Waals surface area contributed by atoms with Gasteiger partial charge in [0.15, 0.2) is 0 Å². The van der Waals surface area contributed by atoms with E-state index in [1.165, 1.54) is 12.1 Å². The van der Waals surface area contributed by atoms with Gasteiger partial charge in [-0.2, -0.15) is 10.5 Å². The van der Waals surface area contributed by atoms with Crippen molar-refractivity contribution in [3.05, 3.63) is 23.3 Å². The first-order valence-corrected chi connectivity index (χ1v) is 4.31. The number of nitriles is 2. The van der Waals surface area contributed by atoms with Crippen LogP contribution in [0.2, 0.25) is 0 Å². The standard InChI is InChI=1S/C10H10N4O/c11-5-7-3-9(13)10(14-1-2-15)4-8(7)6-12/h3-4,14-15H,1-2,13H2. The van der Waals surface area contributed by atoms with E-state index in [-0.39, 0.29) is 17.7 Å². The Hall–Kier alpha value is -2.24. The highest BCUT2D eigenvalue weighted by Crippen LogP contribution is 2.22. The highest BCUT2D eigenvalue weighted by atomic mass is 16.3. The normalized spacial score (nSPS) is 9.00. The van der Waals surface area contributed by atoms with E-state index in [0.717, 1.165) is 0 Å². The van der Waals surface area contributed by atoms with Crippen LogP contribution in [0.15, 0.2) is 12.1 Å². The number of benzene rings is 1. The first kappa shape index (κ1) is 10.8. The van der Waals surface area contributed by atoms with Crippen LogP contribution in [-0.2, 0) is 0 Å². The maximum Gasteiger partial charge on any atom is 0.101 e. The highest BCUT2D eigenvalue weighted by molar-refractivity contribution is 5.71. The van der Waals surface area contributed by atoms with Crippen LogP contribution in [-0.4, -0.2) is 18.3 Å². The van der Waals surface area contributed by atoms with Gasteiger partial charge in [0, 0.05) is 6.54 Å². The first-order valence-electron chi connectivity index (χ1n) is 4.31. The van der Waals surface area contributed by atoms with E-state index in [9.17, 15) is 0 Å². The van der Waals surface area contributed by atoms with Gasteiger partial charge in [-0.25, -0.2) is 0 Å². The molecule has 0 amide bonds. The molecule has 0 saturated carbocycles. The predicted molar refractivity (Wildman–Crippen MR) is 55.9 cm³/mol. The third-order valence-electron chi connectivity index (χ3n) is 1.86. The van der Waals surface area contributed by atoms with Crippen LogP contribution in [0.5, 0.6) is 0 Å². The molecule has 0 atom stereocenters. The molecule has 0 radical (unpaired) electrons. The minimum absolute atomic E-state index is 0.0265. The van der Waals surface area contributed by atoms with Crippen molar-refractivity contribution in [3.63, 3.8) is 0 Å². The molecule has 5 nitrogen and oxygen atoms in total. The molecular weight excluding hydrogens is 192 g/mol. The van der Waals surface area contributed by atoms with Crippen molar-refractivity contribution < 1.29 is 5.11 Å². The lowest BCUT2D eigenvalue weighted by Crippen LogP contribution is -2.08. The summed E-state index contributed by atoms with van der Waals surface area (Å²) in [6.45, 7) is 0.322. The monoisotopic (exact) mass is 202 g/mol. The van der Waals surface area contributed by atoms with Crippen LogP contribution in [0.3, 0.4) is 0 Å². The fraction of sp³-hybridized carbons (Fsp3) is 0.200. The molecule has 0 unspecified atom stereocenters. The van der Waals surface area contributed by atoms with E-state index in [4.69, 9.17) is 21.4 Å². The topological polar surface area (TPSA) is 106 Å². The van der Waals surface area contributed by atoms with Crippen molar-refractivity contribution in [2.24, 2.45) is 0 Å². The van der Waals surface area contributed by atoms with Gasteiger partial charge < -0.3 is 16.2 Å². The number of aliphatic hydroxyl groups is 1. The summed E-state index contributed by atoms with van der Waals surface area (Å²) in [7, 11) is 0. The van der Waals surface area contributed by atoms with E-state index in [1.807, 2.05) is 12.1 Å². The second-order valence-corrected chi connectivity index (χ2v) is 2.86. The fourth-order valence-electron chi connectivity index (χ4n) is 1.15. The van der Waals surface area contributed by atoms with Crippen molar-refractivity contribution in [2.45, 2.75) is 0 Å². The van der Waals surface area contributed by atoms with E-state index < -0.39 is 0 Å². The molecule has 0 aliphatic heterocycles. The van der Waals surface area contributed by atoms with Crippen LogP contribution in [0.25, 0.3) is 0 Å². The molecule has 0 aliphatic rings. The summed E-state index contributed by atoms with van der Waals surface area (Å²) in [5.74, 6) is 0. The van der Waals surface area contributed by atoms with E-state index in [0.29, 0.717) is 17.9 Å². The average Bonchev–Trinajstić information content (AvgIpc) is 2.27. The van der Waals surface area contributed by atoms with E-state index in [1.54, 1.807) is 0 Å². The van der Waals surface area contributed by atoms with Crippen molar-refractivity contribution in [2.75, 3.05) is 24.2 Å². The van der Waals surface area contributed by atoms with Gasteiger partial charge in [0.2, 0.25) is 0 Å². The van der Waals surface area contributed by atoms with Crippen molar-refractivity contribution in [1.29, 1.82) is 10.5 Å². The molecule has 15 heavy (non-hydrogen) atoms. The molecule has 1 aromatic carbocycles. The summed E-state index contributed by atoms with van der Waals surface area (Å²) in [5, 5.41) is 29.0. The fourth-order valence-corrected chi connectivity index (χ4v) is 1.15. The third-order valence-corrected chi connectivity index (χ3v) is 1.86. The molecule has 1 aromatic rings. The minimum atomic E-state index is -0.0265. The number of nitrogens with one attached hydrogen (secondary N) is 1. The molecule has 0 heterocycles. The quantitative estimate of drug-likeness (QED) is 0.616. The molecule has 0 fully saturated rings. The van der Waals surface area contributed by atoms with E-state index in [2.05, 4.69) is 5.32 Å². The molecule has 0 aromatic heterocycles. The maximum atomic E-state index is 8.77. The van der Waals surface area contributed by atoms with Gasteiger partial charge in [-0.1, -0.05) is 0 Å². The number of aliphatic hydroxyl groups excluding tert-OH is 1.